The Morgan fingerprint density at radius 3 is 1.45 bits per heavy atom. The van der Waals surface area contributed by atoms with Gasteiger partial charge in [0.25, 0.3) is 0 Å². The first kappa shape index (κ1) is 27.7. The highest BCUT2D eigenvalue weighted by atomic mass is 16.6. The number of hydrogen-bond donors (Lipinski definition) is 2. The van der Waals surface area contributed by atoms with Gasteiger partial charge in [0.15, 0.2) is 0 Å². The fourth-order valence-electron chi connectivity index (χ4n) is 3.27. The summed E-state index contributed by atoms with van der Waals surface area (Å²) in [5, 5.41) is 7.87. The Morgan fingerprint density at radius 2 is 1.08 bits per heavy atom. The minimum atomic E-state index is -0.749. The zero-order valence-corrected chi connectivity index (χ0v) is 21.1. The van der Waals surface area contributed by atoms with Crippen LogP contribution in [0, 0.1) is 0 Å². The van der Waals surface area contributed by atoms with E-state index in [0.29, 0.717) is 10.8 Å². The molecule has 0 bridgehead atoms. The summed E-state index contributed by atoms with van der Waals surface area (Å²) < 4.78 is 20.9. The molecule has 0 aliphatic rings. The standard InChI is InChI=1S/C28H28N2O8/c1-17(2)25(31)35-13-11-29-27(33)37-23-9-10-24(38-28(34)30-12-14-36-26(32)18(3)4)22-16-20-8-6-5-7-19(20)15-21(22)23/h5-10,15-16H,1,3,11-14H2,2,4H3,(H,29,33)(H,30,34). The minimum absolute atomic E-state index is 0.0412. The summed E-state index contributed by atoms with van der Waals surface area (Å²) in [6.45, 7) is 10.0. The monoisotopic (exact) mass is 520 g/mol. The highest BCUT2D eigenvalue weighted by Crippen LogP contribution is 2.36. The van der Waals surface area contributed by atoms with Crippen molar-refractivity contribution in [2.75, 3.05) is 26.3 Å². The van der Waals surface area contributed by atoms with Crippen LogP contribution < -0.4 is 20.1 Å². The molecule has 10 nitrogen and oxygen atoms in total. The van der Waals surface area contributed by atoms with Crippen molar-refractivity contribution in [3.8, 4) is 11.5 Å². The minimum Gasteiger partial charge on any atom is -0.460 e. The van der Waals surface area contributed by atoms with Crippen molar-refractivity contribution in [3.63, 3.8) is 0 Å². The van der Waals surface area contributed by atoms with Crippen molar-refractivity contribution in [2.24, 2.45) is 0 Å². The third kappa shape index (κ3) is 7.57. The number of carbonyl (C=O) groups excluding carboxylic acids is 4. The average molecular weight is 521 g/mol. The Bertz CT molecular complexity index is 1310. The van der Waals surface area contributed by atoms with Crippen LogP contribution in [0.5, 0.6) is 11.5 Å². The van der Waals surface area contributed by atoms with Gasteiger partial charge in [-0.1, -0.05) is 37.4 Å². The maximum atomic E-state index is 12.4. The van der Waals surface area contributed by atoms with Gasteiger partial charge in [0.2, 0.25) is 0 Å². The number of nitrogens with one attached hydrogen (secondary N) is 2. The van der Waals surface area contributed by atoms with Crippen molar-refractivity contribution in [1.82, 2.24) is 10.6 Å². The second kappa shape index (κ2) is 12.9. The molecule has 10 heteroatoms. The van der Waals surface area contributed by atoms with Crippen molar-refractivity contribution < 1.29 is 38.1 Å². The Labute approximate surface area is 219 Å². The predicted molar refractivity (Wildman–Crippen MR) is 141 cm³/mol. The molecule has 0 aromatic heterocycles. The third-order valence-electron chi connectivity index (χ3n) is 5.11. The summed E-state index contributed by atoms with van der Waals surface area (Å²) in [6, 6.07) is 14.2. The second-order valence-corrected chi connectivity index (χ2v) is 8.27. The maximum absolute atomic E-state index is 12.4. The molecule has 2 amide bonds. The van der Waals surface area contributed by atoms with Crippen molar-refractivity contribution >= 4 is 45.7 Å². The summed E-state index contributed by atoms with van der Waals surface area (Å²) >= 11 is 0. The van der Waals surface area contributed by atoms with Crippen LogP contribution in [0.25, 0.3) is 21.5 Å². The lowest BCUT2D eigenvalue weighted by Crippen LogP contribution is -2.31. The van der Waals surface area contributed by atoms with Crippen LogP contribution in [0.4, 0.5) is 9.59 Å². The lowest BCUT2D eigenvalue weighted by Gasteiger charge is -2.14. The zero-order valence-electron chi connectivity index (χ0n) is 21.1. The van der Waals surface area contributed by atoms with E-state index in [1.54, 1.807) is 0 Å². The molecule has 0 heterocycles. The molecule has 0 fully saturated rings. The average Bonchev–Trinajstić information content (AvgIpc) is 2.89. The van der Waals surface area contributed by atoms with E-state index >= 15 is 0 Å². The molecule has 0 radical (unpaired) electrons. The molecule has 2 N–H and O–H groups in total. The zero-order chi connectivity index (χ0) is 27.7. The number of benzene rings is 3. The lowest BCUT2D eigenvalue weighted by atomic mass is 10.0. The second-order valence-electron chi connectivity index (χ2n) is 8.27. The van der Waals surface area contributed by atoms with E-state index in [1.807, 2.05) is 36.4 Å². The largest absolute Gasteiger partial charge is 0.460 e. The number of fused-ring (bicyclic) bond motifs is 2. The molecular weight excluding hydrogens is 492 g/mol. The van der Waals surface area contributed by atoms with Gasteiger partial charge >= 0.3 is 24.1 Å². The topological polar surface area (TPSA) is 129 Å². The third-order valence-corrected chi connectivity index (χ3v) is 5.11. The van der Waals surface area contributed by atoms with E-state index in [0.717, 1.165) is 10.8 Å². The molecule has 0 aliphatic heterocycles. The van der Waals surface area contributed by atoms with Crippen LogP contribution in [0.3, 0.4) is 0 Å². The van der Waals surface area contributed by atoms with Gasteiger partial charge in [-0.2, -0.15) is 0 Å². The number of esters is 2. The van der Waals surface area contributed by atoms with Crippen molar-refractivity contribution in [1.29, 1.82) is 0 Å². The van der Waals surface area contributed by atoms with Gasteiger partial charge in [0.05, 0.1) is 13.1 Å². The summed E-state index contributed by atoms with van der Waals surface area (Å²) in [7, 11) is 0. The Kier molecular flexibility index (Phi) is 9.42. The molecule has 0 saturated heterocycles. The molecule has 3 aromatic rings. The Balaban J connectivity index is 1.72. The van der Waals surface area contributed by atoms with Gasteiger partial charge in [-0.05, 0) is 48.9 Å². The van der Waals surface area contributed by atoms with E-state index in [2.05, 4.69) is 23.8 Å². The SMILES string of the molecule is C=C(C)C(=O)OCCNC(=O)Oc1ccc(OC(=O)NCCOC(=O)C(=C)C)c2cc3ccccc3cc12. The quantitative estimate of drug-likeness (QED) is 0.174. The Hall–Kier alpha value is -4.86. The fourth-order valence-corrected chi connectivity index (χ4v) is 3.27. The van der Waals surface area contributed by atoms with E-state index in [1.165, 1.54) is 26.0 Å². The molecule has 0 atom stereocenters. The molecule has 3 aromatic carbocycles. The van der Waals surface area contributed by atoms with E-state index in [-0.39, 0.29) is 48.9 Å². The molecular formula is C28H28N2O8. The van der Waals surface area contributed by atoms with Crippen LogP contribution in [0.1, 0.15) is 13.8 Å². The van der Waals surface area contributed by atoms with Crippen LogP contribution in [0.15, 0.2) is 72.8 Å². The summed E-state index contributed by atoms with van der Waals surface area (Å²) in [4.78, 5) is 47.6. The molecule has 38 heavy (non-hydrogen) atoms. The molecule has 198 valence electrons. The number of amides is 2. The van der Waals surface area contributed by atoms with Gasteiger partial charge in [0, 0.05) is 21.9 Å². The first-order valence-corrected chi connectivity index (χ1v) is 11.7. The first-order valence-electron chi connectivity index (χ1n) is 11.7. The van der Waals surface area contributed by atoms with Gasteiger partial charge in [-0.25, -0.2) is 19.2 Å². The lowest BCUT2D eigenvalue weighted by molar-refractivity contribution is -0.139. The highest BCUT2D eigenvalue weighted by Gasteiger charge is 2.15. The van der Waals surface area contributed by atoms with E-state index < -0.39 is 24.1 Å². The number of hydrogen-bond acceptors (Lipinski definition) is 8. The van der Waals surface area contributed by atoms with Crippen molar-refractivity contribution in [2.45, 2.75) is 13.8 Å². The maximum Gasteiger partial charge on any atom is 0.412 e. The van der Waals surface area contributed by atoms with Crippen LogP contribution >= 0.6 is 0 Å². The van der Waals surface area contributed by atoms with Gasteiger partial charge < -0.3 is 29.6 Å². The van der Waals surface area contributed by atoms with Gasteiger partial charge in [-0.3, -0.25) is 0 Å². The van der Waals surface area contributed by atoms with Gasteiger partial charge in [-0.15, -0.1) is 0 Å². The molecule has 3 rings (SSSR count). The van der Waals surface area contributed by atoms with Gasteiger partial charge in [0.1, 0.15) is 24.7 Å². The van der Waals surface area contributed by atoms with Crippen LogP contribution in [-0.2, 0) is 19.1 Å². The van der Waals surface area contributed by atoms with Crippen LogP contribution in [0.2, 0.25) is 0 Å². The highest BCUT2D eigenvalue weighted by molar-refractivity contribution is 6.04. The molecule has 0 unspecified atom stereocenters. The fraction of sp³-hybridized carbons (Fsp3) is 0.214. The first-order chi connectivity index (χ1) is 18.2. The summed E-state index contributed by atoms with van der Waals surface area (Å²) in [5.74, 6) is -0.626. The summed E-state index contributed by atoms with van der Waals surface area (Å²) in [6.07, 6.45) is -1.50. The number of carbonyl (C=O) groups is 4. The van der Waals surface area contributed by atoms with E-state index in [9.17, 15) is 19.2 Å². The summed E-state index contributed by atoms with van der Waals surface area (Å²) in [5.41, 5.74) is 0.516. The smallest absolute Gasteiger partial charge is 0.412 e. The number of ether oxygens (including phenoxy) is 4. The van der Waals surface area contributed by atoms with Crippen LogP contribution in [-0.4, -0.2) is 50.4 Å². The molecule has 0 saturated carbocycles. The number of rotatable bonds is 10. The Morgan fingerprint density at radius 1 is 0.684 bits per heavy atom. The van der Waals surface area contributed by atoms with Crippen molar-refractivity contribution in [3.05, 3.63) is 72.8 Å². The molecule has 0 aliphatic carbocycles. The predicted octanol–water partition coefficient (Wildman–Crippen LogP) is 4.41. The molecule has 0 spiro atoms. The normalized spacial score (nSPS) is 10.4. The van der Waals surface area contributed by atoms with E-state index in [4.69, 9.17) is 18.9 Å².